The summed E-state index contributed by atoms with van der Waals surface area (Å²) in [7, 11) is -4.88. The summed E-state index contributed by atoms with van der Waals surface area (Å²) < 4.78 is 28.4. The maximum absolute atomic E-state index is 10.8. The first-order chi connectivity index (χ1) is 16.3. The molecule has 1 unspecified atom stereocenters. The Morgan fingerprint density at radius 3 is 2.79 bits per heavy atom. The molecule has 1 atom stereocenters. The zero-order valence-electron chi connectivity index (χ0n) is 17.6. The molecule has 4 aromatic rings. The lowest BCUT2D eigenvalue weighted by Crippen LogP contribution is -2.38. The van der Waals surface area contributed by atoms with E-state index in [1.54, 1.807) is 30.5 Å². The van der Waals surface area contributed by atoms with Gasteiger partial charge in [0, 0.05) is 24.8 Å². The van der Waals surface area contributed by atoms with Gasteiger partial charge in [0.2, 0.25) is 5.88 Å². The Morgan fingerprint density at radius 1 is 1.21 bits per heavy atom. The molecule has 0 aliphatic heterocycles. The number of aromatic nitrogens is 4. The van der Waals surface area contributed by atoms with Gasteiger partial charge in [-0.2, -0.15) is 0 Å². The van der Waals surface area contributed by atoms with Crippen molar-refractivity contribution in [2.75, 3.05) is 5.73 Å². The molecule has 11 nitrogen and oxygen atoms in total. The highest BCUT2D eigenvalue weighted by Gasteiger charge is 2.18. The first-order valence-electron chi connectivity index (χ1n) is 9.88. The van der Waals surface area contributed by atoms with Crippen LogP contribution in [0.1, 0.15) is 17.0 Å². The normalized spacial score (nSPS) is 12.9. The minimum Gasteiger partial charge on any atom is -0.756 e. The molecule has 0 saturated heterocycles. The van der Waals surface area contributed by atoms with E-state index in [9.17, 15) is 9.46 Å². The van der Waals surface area contributed by atoms with Crippen LogP contribution >= 0.6 is 23.8 Å². The van der Waals surface area contributed by atoms with Crippen molar-refractivity contribution in [3.63, 3.8) is 0 Å². The molecule has 0 saturated carbocycles. The van der Waals surface area contributed by atoms with Crippen LogP contribution in [-0.2, 0) is 28.8 Å². The second-order valence-corrected chi connectivity index (χ2v) is 9.12. The topological polar surface area (TPSA) is 161 Å². The van der Waals surface area contributed by atoms with Gasteiger partial charge in [-0.1, -0.05) is 17.3 Å². The number of rotatable bonds is 9. The molecule has 4 rings (SSSR count). The van der Waals surface area contributed by atoms with Gasteiger partial charge in [-0.3, -0.25) is 14.8 Å². The van der Waals surface area contributed by atoms with E-state index in [0.717, 1.165) is 15.9 Å². The van der Waals surface area contributed by atoms with Gasteiger partial charge in [0.1, 0.15) is 16.8 Å². The summed E-state index contributed by atoms with van der Waals surface area (Å²) in [6.07, 6.45) is 3.66. The molecule has 34 heavy (non-hydrogen) atoms. The summed E-state index contributed by atoms with van der Waals surface area (Å²) in [5.41, 5.74) is 8.91. The third-order valence-corrected chi connectivity index (χ3v) is 5.51. The molecule has 3 N–H and O–H groups in total. The van der Waals surface area contributed by atoms with E-state index < -0.39 is 14.6 Å². The average Bonchev–Trinajstić information content (AvgIpc) is 3.25. The van der Waals surface area contributed by atoms with Crippen molar-refractivity contribution in [3.05, 3.63) is 82.5 Å². The van der Waals surface area contributed by atoms with Crippen molar-refractivity contribution in [1.82, 2.24) is 15.1 Å². The maximum Gasteiger partial charge on any atom is 0.285 e. The van der Waals surface area contributed by atoms with Crippen LogP contribution in [0.3, 0.4) is 0 Å². The zero-order chi connectivity index (χ0) is 24.1. The van der Waals surface area contributed by atoms with E-state index in [2.05, 4.69) is 35.6 Å². The number of halogens is 1. The molecular formula is C21H19BrN5O6P. The number of nitrogens with zero attached hydrogens (tertiary/aromatic N) is 4. The molecule has 0 aliphatic rings. The lowest BCUT2D eigenvalue weighted by molar-refractivity contribution is -0.712. The number of ether oxygens (including phenoxy) is 1. The predicted molar refractivity (Wildman–Crippen MR) is 121 cm³/mol. The summed E-state index contributed by atoms with van der Waals surface area (Å²) >= 11 is 3.33. The Kier molecular flexibility index (Phi) is 7.35. The minimum atomic E-state index is -4.88. The van der Waals surface area contributed by atoms with Crippen LogP contribution in [0.15, 0.2) is 70.1 Å². The van der Waals surface area contributed by atoms with Crippen LogP contribution in [0.5, 0.6) is 5.88 Å². The first kappa shape index (κ1) is 24.0. The summed E-state index contributed by atoms with van der Waals surface area (Å²) in [5.74, 6) is 1.05. The molecule has 0 spiro atoms. The second kappa shape index (κ2) is 10.4. The molecular weight excluding hydrogens is 529 g/mol. The monoisotopic (exact) mass is 547 g/mol. The molecule has 0 aliphatic carbocycles. The number of nitrogens with two attached hydrogens (primary N) is 1. The number of phosphoric acid groups is 1. The van der Waals surface area contributed by atoms with E-state index in [1.165, 1.54) is 10.8 Å². The van der Waals surface area contributed by atoms with Gasteiger partial charge >= 0.3 is 0 Å². The van der Waals surface area contributed by atoms with Gasteiger partial charge in [0.25, 0.3) is 13.6 Å². The van der Waals surface area contributed by atoms with E-state index in [1.807, 2.05) is 24.3 Å². The van der Waals surface area contributed by atoms with E-state index in [4.69, 9.17) is 19.9 Å². The molecule has 0 aromatic carbocycles. The Bertz CT molecular complexity index is 1330. The van der Waals surface area contributed by atoms with Crippen molar-refractivity contribution in [1.29, 1.82) is 0 Å². The van der Waals surface area contributed by atoms with Gasteiger partial charge in [-0.15, -0.1) is 0 Å². The van der Waals surface area contributed by atoms with Crippen LogP contribution in [0.25, 0.3) is 11.3 Å². The minimum absolute atomic E-state index is 0.182. The van der Waals surface area contributed by atoms with Gasteiger partial charge in [0.15, 0.2) is 12.5 Å². The molecule has 0 amide bonds. The number of nitrogen functional groups attached to an aromatic ring is 1. The van der Waals surface area contributed by atoms with Crippen molar-refractivity contribution in [3.8, 4) is 17.2 Å². The smallest absolute Gasteiger partial charge is 0.285 e. The summed E-state index contributed by atoms with van der Waals surface area (Å²) in [6, 6.07) is 14.3. The average molecular weight is 548 g/mol. The Balaban J connectivity index is 1.40. The van der Waals surface area contributed by atoms with Crippen molar-refractivity contribution >= 4 is 29.6 Å². The number of pyridine rings is 3. The van der Waals surface area contributed by atoms with Gasteiger partial charge in [-0.05, 0) is 45.8 Å². The van der Waals surface area contributed by atoms with Crippen molar-refractivity contribution < 1.29 is 32.7 Å². The molecule has 0 bridgehead atoms. The zero-order valence-corrected chi connectivity index (χ0v) is 20.1. The van der Waals surface area contributed by atoms with Crippen LogP contribution in [0.4, 0.5) is 5.82 Å². The van der Waals surface area contributed by atoms with E-state index in [-0.39, 0.29) is 5.82 Å². The predicted octanol–water partition coefficient (Wildman–Crippen LogP) is 2.37. The van der Waals surface area contributed by atoms with Crippen LogP contribution < -0.4 is 19.9 Å². The maximum atomic E-state index is 10.8. The Morgan fingerprint density at radius 2 is 2.06 bits per heavy atom. The lowest BCUT2D eigenvalue weighted by Gasteiger charge is -2.14. The largest absolute Gasteiger partial charge is 0.756 e. The number of hydrogen-bond donors (Lipinski definition) is 2. The number of hydrogen-bond acceptors (Lipinski definition) is 9. The van der Waals surface area contributed by atoms with E-state index >= 15 is 0 Å². The molecule has 13 heteroatoms. The fourth-order valence-electron chi connectivity index (χ4n) is 3.03. The van der Waals surface area contributed by atoms with Gasteiger partial charge < -0.3 is 19.0 Å². The molecule has 4 aromatic heterocycles. The SMILES string of the molecule is Nc1c(-c2cc(Cc3ccc(OCc4cccc(Br)n4)nc3)no2)ccc[n+]1COP(=O)([O-])O. The molecule has 0 radical (unpaired) electrons. The highest BCUT2D eigenvalue weighted by molar-refractivity contribution is 9.10. The van der Waals surface area contributed by atoms with Gasteiger partial charge in [0.05, 0.1) is 17.6 Å². The fourth-order valence-corrected chi connectivity index (χ4v) is 3.68. The van der Waals surface area contributed by atoms with Crippen molar-refractivity contribution in [2.45, 2.75) is 19.8 Å². The summed E-state index contributed by atoms with van der Waals surface area (Å²) in [5, 5.41) is 4.07. The lowest BCUT2D eigenvalue weighted by atomic mass is 10.1. The highest BCUT2D eigenvalue weighted by atomic mass is 79.9. The van der Waals surface area contributed by atoms with Crippen LogP contribution in [0, 0.1) is 0 Å². The summed E-state index contributed by atoms with van der Waals surface area (Å²) in [4.78, 5) is 28.3. The van der Waals surface area contributed by atoms with E-state index in [0.29, 0.717) is 35.9 Å². The second-order valence-electron chi connectivity index (χ2n) is 7.11. The molecule has 176 valence electrons. The number of anilines is 1. The molecule has 0 fully saturated rings. The highest BCUT2D eigenvalue weighted by Crippen LogP contribution is 2.30. The van der Waals surface area contributed by atoms with Gasteiger partial charge in [-0.25, -0.2) is 14.5 Å². The first-order valence-corrected chi connectivity index (χ1v) is 12.2. The fraction of sp³-hybridized carbons (Fsp3) is 0.143. The number of phosphoric ester groups is 1. The summed E-state index contributed by atoms with van der Waals surface area (Å²) in [6.45, 7) is -0.178. The van der Waals surface area contributed by atoms with Crippen LogP contribution in [0.2, 0.25) is 0 Å². The van der Waals surface area contributed by atoms with Crippen molar-refractivity contribution in [2.24, 2.45) is 0 Å². The molecule has 4 heterocycles. The Labute approximate surface area is 202 Å². The van der Waals surface area contributed by atoms with Crippen LogP contribution in [-0.4, -0.2) is 20.0 Å². The quantitative estimate of drug-likeness (QED) is 0.181. The third kappa shape index (κ3) is 6.46. The third-order valence-electron chi connectivity index (χ3n) is 4.62. The standard InChI is InChI=1S/C21H19BrN5O6P/c22-19-5-1-3-15(25-19)12-31-20-7-6-14(11-24-20)9-16-10-18(33-26-16)17-4-2-8-27(21(17)23)13-32-34(28,29)30/h1-8,10-11,23H,9,12-13H2,(H2,28,29,30). The Hall–Kier alpha value is -3.15.